The van der Waals surface area contributed by atoms with E-state index in [2.05, 4.69) is 31.8 Å². The number of nitro groups is 1. The van der Waals surface area contributed by atoms with E-state index >= 15 is 0 Å². The minimum atomic E-state index is -0.348. The maximum atomic E-state index is 11.7. The number of rotatable bonds is 4. The number of ether oxygens (including phenoxy) is 1. The summed E-state index contributed by atoms with van der Waals surface area (Å²) in [5.74, 6) is 0.590. The van der Waals surface area contributed by atoms with Crippen molar-refractivity contribution >= 4 is 33.9 Å². The van der Waals surface area contributed by atoms with Crippen LogP contribution in [0.5, 0.6) is 0 Å². The van der Waals surface area contributed by atoms with Gasteiger partial charge in [0.25, 0.3) is 5.69 Å². The van der Waals surface area contributed by atoms with E-state index in [1.54, 1.807) is 29.7 Å². The third-order valence-corrected chi connectivity index (χ3v) is 7.62. The van der Waals surface area contributed by atoms with Gasteiger partial charge in [0.1, 0.15) is 16.8 Å². The molecule has 1 aromatic carbocycles. The molecule has 1 aromatic heterocycles. The molecule has 2 aromatic rings. The van der Waals surface area contributed by atoms with Crippen LogP contribution in [0.25, 0.3) is 0 Å². The molecule has 7 nitrogen and oxygen atoms in total. The number of benzene rings is 1. The number of aliphatic imine (C=N–C) groups is 1. The molecule has 4 rings (SSSR count). The second kappa shape index (κ2) is 9.00. The number of nitriles is 1. The van der Waals surface area contributed by atoms with Gasteiger partial charge in [-0.1, -0.05) is 26.8 Å². The average molecular weight is 453 g/mol. The smallest absolute Gasteiger partial charge is 0.293 e. The van der Waals surface area contributed by atoms with Gasteiger partial charge < -0.3 is 9.64 Å². The van der Waals surface area contributed by atoms with Gasteiger partial charge in [0, 0.05) is 30.2 Å². The highest BCUT2D eigenvalue weighted by molar-refractivity contribution is 7.16. The van der Waals surface area contributed by atoms with E-state index in [-0.39, 0.29) is 16.0 Å². The zero-order valence-electron chi connectivity index (χ0n) is 18.8. The fourth-order valence-electron chi connectivity index (χ4n) is 4.49. The Balaban J connectivity index is 1.61. The van der Waals surface area contributed by atoms with Crippen molar-refractivity contribution in [1.82, 2.24) is 0 Å². The Morgan fingerprint density at radius 3 is 2.75 bits per heavy atom. The quantitative estimate of drug-likeness (QED) is 0.358. The molecule has 0 bridgehead atoms. The molecule has 2 aliphatic rings. The van der Waals surface area contributed by atoms with Crippen LogP contribution in [0.3, 0.4) is 0 Å². The van der Waals surface area contributed by atoms with Gasteiger partial charge in [-0.15, -0.1) is 11.3 Å². The van der Waals surface area contributed by atoms with E-state index in [0.29, 0.717) is 54.0 Å². The van der Waals surface area contributed by atoms with E-state index in [4.69, 9.17) is 4.74 Å². The molecule has 168 valence electrons. The van der Waals surface area contributed by atoms with Crippen molar-refractivity contribution in [2.45, 2.75) is 40.0 Å². The summed E-state index contributed by atoms with van der Waals surface area (Å²) >= 11 is 1.59. The van der Waals surface area contributed by atoms with Crippen LogP contribution in [0.4, 0.5) is 16.4 Å². The molecule has 0 saturated carbocycles. The third kappa shape index (κ3) is 4.54. The number of thiophene rings is 1. The standard InChI is InChI=1S/C24H28N4O3S/c1-24(2,3)17-5-6-18-19(14-25)23(32-22(18)13-17)26-15-16-4-7-20(21(12-16)28(29)30)27-8-10-31-11-9-27/h4,7,12,15,17H,5-6,8-11,13H2,1-3H3/t17-/m1/s1. The van der Waals surface area contributed by atoms with Crippen molar-refractivity contribution in [3.05, 3.63) is 49.9 Å². The van der Waals surface area contributed by atoms with Gasteiger partial charge in [0.2, 0.25) is 0 Å². The first kappa shape index (κ1) is 22.4. The van der Waals surface area contributed by atoms with Crippen LogP contribution < -0.4 is 4.90 Å². The lowest BCUT2D eigenvalue weighted by molar-refractivity contribution is -0.384. The topological polar surface area (TPSA) is 91.8 Å². The van der Waals surface area contributed by atoms with Gasteiger partial charge >= 0.3 is 0 Å². The minimum absolute atomic E-state index is 0.0647. The summed E-state index contributed by atoms with van der Waals surface area (Å²) < 4.78 is 5.36. The molecule has 8 heteroatoms. The van der Waals surface area contributed by atoms with Crippen molar-refractivity contribution in [2.75, 3.05) is 31.2 Å². The number of nitro benzene ring substituents is 1. The Labute approximate surface area is 192 Å². The zero-order chi connectivity index (χ0) is 22.9. The molecule has 1 saturated heterocycles. The Kier molecular flexibility index (Phi) is 6.31. The minimum Gasteiger partial charge on any atom is -0.378 e. The van der Waals surface area contributed by atoms with E-state index in [1.807, 2.05) is 11.0 Å². The predicted molar refractivity (Wildman–Crippen MR) is 127 cm³/mol. The van der Waals surface area contributed by atoms with Crippen molar-refractivity contribution in [3.63, 3.8) is 0 Å². The second-order valence-corrected chi connectivity index (χ2v) is 10.5. The van der Waals surface area contributed by atoms with Crippen molar-refractivity contribution in [3.8, 4) is 6.07 Å². The highest BCUT2D eigenvalue weighted by Gasteiger charge is 2.32. The van der Waals surface area contributed by atoms with Crippen LogP contribution in [0.15, 0.2) is 23.2 Å². The number of anilines is 1. The summed E-state index contributed by atoms with van der Waals surface area (Å²) in [5, 5.41) is 22.2. The number of hydrogen-bond donors (Lipinski definition) is 0. The largest absolute Gasteiger partial charge is 0.378 e. The van der Waals surface area contributed by atoms with Gasteiger partial charge in [-0.25, -0.2) is 4.99 Å². The fourth-order valence-corrected chi connectivity index (χ4v) is 5.71. The maximum Gasteiger partial charge on any atom is 0.293 e. The molecule has 0 amide bonds. The number of hydrogen-bond acceptors (Lipinski definition) is 7. The first-order valence-electron chi connectivity index (χ1n) is 11.0. The summed E-state index contributed by atoms with van der Waals surface area (Å²) in [6.07, 6.45) is 4.61. The molecule has 1 atom stereocenters. The Morgan fingerprint density at radius 1 is 1.34 bits per heavy atom. The lowest BCUT2D eigenvalue weighted by atomic mass is 9.72. The highest BCUT2D eigenvalue weighted by Crippen LogP contribution is 2.45. The average Bonchev–Trinajstić information content (AvgIpc) is 3.14. The Morgan fingerprint density at radius 2 is 2.09 bits per heavy atom. The first-order valence-corrected chi connectivity index (χ1v) is 11.8. The summed E-state index contributed by atoms with van der Waals surface area (Å²) in [6.45, 7) is 9.22. The van der Waals surface area contributed by atoms with Crippen LogP contribution in [0.2, 0.25) is 0 Å². The molecular formula is C24H28N4O3S. The normalized spacial score (nSPS) is 19.1. The van der Waals surface area contributed by atoms with Crippen molar-refractivity contribution < 1.29 is 9.66 Å². The molecule has 32 heavy (non-hydrogen) atoms. The van der Waals surface area contributed by atoms with Gasteiger partial charge in [0.05, 0.1) is 23.7 Å². The molecule has 1 fully saturated rings. The predicted octanol–water partition coefficient (Wildman–Crippen LogP) is 5.27. The summed E-state index contributed by atoms with van der Waals surface area (Å²) in [7, 11) is 0. The van der Waals surface area contributed by atoms with E-state index < -0.39 is 0 Å². The Bertz CT molecular complexity index is 1090. The molecule has 1 aliphatic heterocycles. The van der Waals surface area contributed by atoms with Gasteiger partial charge in [-0.2, -0.15) is 5.26 Å². The maximum absolute atomic E-state index is 11.7. The van der Waals surface area contributed by atoms with E-state index in [9.17, 15) is 15.4 Å². The van der Waals surface area contributed by atoms with Crippen LogP contribution in [-0.2, 0) is 17.6 Å². The van der Waals surface area contributed by atoms with Crippen LogP contribution in [-0.4, -0.2) is 37.4 Å². The first-order chi connectivity index (χ1) is 15.3. The molecule has 0 N–H and O–H groups in total. The second-order valence-electron chi connectivity index (χ2n) is 9.46. The highest BCUT2D eigenvalue weighted by atomic mass is 32.1. The summed E-state index contributed by atoms with van der Waals surface area (Å²) in [4.78, 5) is 19.2. The summed E-state index contributed by atoms with van der Waals surface area (Å²) in [5.41, 5.74) is 3.35. The number of morpholine rings is 1. The van der Waals surface area contributed by atoms with Gasteiger partial charge in [-0.05, 0) is 47.8 Å². The van der Waals surface area contributed by atoms with Crippen LogP contribution in [0, 0.1) is 32.8 Å². The number of fused-ring (bicyclic) bond motifs is 1. The monoisotopic (exact) mass is 452 g/mol. The molecule has 2 heterocycles. The van der Waals surface area contributed by atoms with Crippen molar-refractivity contribution in [2.24, 2.45) is 16.3 Å². The molecule has 0 unspecified atom stereocenters. The summed E-state index contributed by atoms with van der Waals surface area (Å²) in [6, 6.07) is 7.53. The lowest BCUT2D eigenvalue weighted by Gasteiger charge is -2.33. The fraction of sp³-hybridized carbons (Fsp3) is 0.500. The van der Waals surface area contributed by atoms with E-state index in [0.717, 1.165) is 24.8 Å². The lowest BCUT2D eigenvalue weighted by Crippen LogP contribution is -2.36. The third-order valence-electron chi connectivity index (χ3n) is 6.46. The zero-order valence-corrected chi connectivity index (χ0v) is 19.6. The SMILES string of the molecule is CC(C)(C)[C@@H]1CCc2c(sc(N=Cc3ccc(N4CCOCC4)c([N+](=O)[O-])c3)c2C#N)C1. The van der Waals surface area contributed by atoms with Crippen LogP contribution in [0.1, 0.15) is 48.8 Å². The van der Waals surface area contributed by atoms with Crippen LogP contribution >= 0.6 is 11.3 Å². The van der Waals surface area contributed by atoms with E-state index in [1.165, 1.54) is 4.88 Å². The van der Waals surface area contributed by atoms with Gasteiger partial charge in [-0.3, -0.25) is 10.1 Å². The molecule has 0 spiro atoms. The Hall–Kier alpha value is -2.76. The van der Waals surface area contributed by atoms with Gasteiger partial charge in [0.15, 0.2) is 0 Å². The molecule has 1 aliphatic carbocycles. The van der Waals surface area contributed by atoms with Crippen molar-refractivity contribution in [1.29, 1.82) is 5.26 Å². The molecular weight excluding hydrogens is 424 g/mol. The number of nitrogens with zero attached hydrogens (tertiary/aromatic N) is 4. The molecule has 0 radical (unpaired) electrons.